The molecule has 0 radical (unpaired) electrons. The molecule has 0 aliphatic carbocycles. The van der Waals surface area contributed by atoms with E-state index in [0.717, 1.165) is 12.1 Å². The molecule has 2 amide bonds. The van der Waals surface area contributed by atoms with Crippen LogP contribution in [0.4, 0.5) is 11.4 Å². The predicted octanol–water partition coefficient (Wildman–Crippen LogP) is 2.51. The van der Waals surface area contributed by atoms with Crippen LogP contribution in [0.15, 0.2) is 46.2 Å². The molecule has 10 nitrogen and oxygen atoms in total. The molecular weight excluding hydrogens is 507 g/mol. The van der Waals surface area contributed by atoms with Gasteiger partial charge in [-0.25, -0.2) is 0 Å². The molecule has 0 saturated carbocycles. The average molecular weight is 537 g/mol. The minimum atomic E-state index is -4.65. The van der Waals surface area contributed by atoms with Crippen LogP contribution in [-0.4, -0.2) is 67.3 Å². The third-order valence-corrected chi connectivity index (χ3v) is 6.81. The van der Waals surface area contributed by atoms with E-state index in [2.05, 4.69) is 10.6 Å². The molecule has 0 bridgehead atoms. The van der Waals surface area contributed by atoms with Crippen LogP contribution < -0.4 is 10.6 Å². The molecule has 0 aliphatic heterocycles. The summed E-state index contributed by atoms with van der Waals surface area (Å²) >= 11 is 0. The van der Waals surface area contributed by atoms with Gasteiger partial charge >= 0.3 is 29.6 Å². The fourth-order valence-corrected chi connectivity index (χ4v) is 4.56. The van der Waals surface area contributed by atoms with E-state index in [1.54, 1.807) is 27.7 Å². The first-order chi connectivity index (χ1) is 15.6. The summed E-state index contributed by atoms with van der Waals surface area (Å²) in [5, 5.41) is 5.10. The van der Waals surface area contributed by atoms with Crippen LogP contribution in [0, 0.1) is 11.8 Å². The zero-order valence-corrected chi connectivity index (χ0v) is 20.8. The standard InChI is InChI=1S/C22H28N2O8S2.Na.H/c1-13(2)21(25)23-17-9-7-15(19(11-17)33(27,28)29)5-6-16-8-10-18(24-22(26)14(3)4)12-20(16)34(30,31)32;;/h7-14H,5-6H2,1-4H3,(H,23,25)(H,24,26)(H,27,28,29)(H,30,31,32);;. The van der Waals surface area contributed by atoms with Crippen LogP contribution in [0.25, 0.3) is 0 Å². The second-order valence-corrected chi connectivity index (χ2v) is 11.2. The SMILES string of the molecule is CC(C)C(=O)Nc1ccc(CCc2ccc(NC(=O)C(C)C)cc2S(=O)(=O)O)c(S(=O)(=O)O)c1.[NaH]. The van der Waals surface area contributed by atoms with Gasteiger partial charge in [-0.05, 0) is 48.2 Å². The molecule has 35 heavy (non-hydrogen) atoms. The first-order valence-electron chi connectivity index (χ1n) is 10.4. The Kier molecular flexibility index (Phi) is 11.1. The molecule has 2 rings (SSSR count). The molecule has 0 unspecified atom stereocenters. The molecule has 4 N–H and O–H groups in total. The molecule has 0 aliphatic rings. The zero-order chi connectivity index (χ0) is 25.8. The Morgan fingerprint density at radius 1 is 0.714 bits per heavy atom. The number of rotatable bonds is 9. The Hall–Kier alpha value is -1.80. The van der Waals surface area contributed by atoms with Crippen LogP contribution in [0.3, 0.4) is 0 Å². The van der Waals surface area contributed by atoms with Gasteiger partial charge in [0.05, 0.1) is 9.79 Å². The summed E-state index contributed by atoms with van der Waals surface area (Å²) < 4.78 is 67.1. The molecule has 0 saturated heterocycles. The number of aryl methyl sites for hydroxylation is 2. The van der Waals surface area contributed by atoms with Gasteiger partial charge in [0.2, 0.25) is 11.8 Å². The Bertz CT molecular complexity index is 1210. The summed E-state index contributed by atoms with van der Waals surface area (Å²) in [6.07, 6.45) is -0.0124. The van der Waals surface area contributed by atoms with E-state index in [1.807, 2.05) is 0 Å². The van der Waals surface area contributed by atoms with Crippen molar-refractivity contribution >= 4 is 73.0 Å². The van der Waals surface area contributed by atoms with Crippen LogP contribution in [-0.2, 0) is 42.7 Å². The molecule has 0 aromatic heterocycles. The third-order valence-electron chi connectivity index (χ3n) is 4.94. The molecule has 0 fully saturated rings. The van der Waals surface area contributed by atoms with E-state index in [-0.39, 0.29) is 88.6 Å². The van der Waals surface area contributed by atoms with Crippen molar-refractivity contribution < 1.29 is 35.5 Å². The van der Waals surface area contributed by atoms with E-state index in [4.69, 9.17) is 0 Å². The predicted molar refractivity (Wildman–Crippen MR) is 134 cm³/mol. The molecule has 2 aromatic carbocycles. The van der Waals surface area contributed by atoms with Crippen molar-refractivity contribution in [2.24, 2.45) is 11.8 Å². The third kappa shape index (κ3) is 8.98. The summed E-state index contributed by atoms with van der Waals surface area (Å²) in [4.78, 5) is 22.9. The Labute approximate surface area is 227 Å². The normalized spacial score (nSPS) is 11.8. The van der Waals surface area contributed by atoms with E-state index in [0.29, 0.717) is 0 Å². The van der Waals surface area contributed by atoms with E-state index in [1.165, 1.54) is 24.3 Å². The van der Waals surface area contributed by atoms with Gasteiger partial charge in [-0.3, -0.25) is 18.7 Å². The van der Waals surface area contributed by atoms with Gasteiger partial charge in [-0.1, -0.05) is 39.8 Å². The molecule has 0 atom stereocenters. The first kappa shape index (κ1) is 31.2. The van der Waals surface area contributed by atoms with Crippen molar-refractivity contribution in [2.45, 2.75) is 50.3 Å². The molecule has 0 spiro atoms. The maximum atomic E-state index is 11.9. The van der Waals surface area contributed by atoms with E-state index < -0.39 is 30.0 Å². The van der Waals surface area contributed by atoms with E-state index in [9.17, 15) is 35.5 Å². The van der Waals surface area contributed by atoms with Crippen LogP contribution >= 0.6 is 0 Å². The quantitative estimate of drug-likeness (QED) is 0.280. The van der Waals surface area contributed by atoms with Crippen LogP contribution in [0.5, 0.6) is 0 Å². The summed E-state index contributed by atoms with van der Waals surface area (Å²) in [7, 11) is -9.30. The second-order valence-electron chi connectivity index (χ2n) is 8.38. The van der Waals surface area contributed by atoms with Gasteiger partial charge in [0.15, 0.2) is 0 Å². The number of benzene rings is 2. The van der Waals surface area contributed by atoms with Crippen molar-refractivity contribution in [1.82, 2.24) is 0 Å². The summed E-state index contributed by atoms with van der Waals surface area (Å²) in [5.41, 5.74) is 0.727. The topological polar surface area (TPSA) is 167 Å². The number of carbonyl (C=O) groups is 2. The molecular formula is C22H29N2NaO8S2. The fourth-order valence-electron chi connectivity index (χ4n) is 3.00. The Morgan fingerprint density at radius 2 is 1.03 bits per heavy atom. The first-order valence-corrected chi connectivity index (χ1v) is 13.3. The average Bonchev–Trinajstić information content (AvgIpc) is 2.71. The number of anilines is 2. The Morgan fingerprint density at radius 3 is 1.29 bits per heavy atom. The van der Waals surface area contributed by atoms with Crippen molar-refractivity contribution in [1.29, 1.82) is 0 Å². The van der Waals surface area contributed by atoms with Gasteiger partial charge < -0.3 is 10.6 Å². The van der Waals surface area contributed by atoms with Crippen LogP contribution in [0.1, 0.15) is 38.8 Å². The van der Waals surface area contributed by atoms with Gasteiger partial charge in [-0.15, -0.1) is 0 Å². The number of hydrogen-bond acceptors (Lipinski definition) is 6. The Balaban J connectivity index is 0.00000612. The maximum absolute atomic E-state index is 11.9. The molecule has 0 heterocycles. The van der Waals surface area contributed by atoms with Crippen molar-refractivity contribution in [2.75, 3.05) is 10.6 Å². The number of nitrogens with one attached hydrogen (secondary N) is 2. The number of hydrogen-bond donors (Lipinski definition) is 4. The second kappa shape index (κ2) is 12.4. The summed E-state index contributed by atoms with van der Waals surface area (Å²) in [5.74, 6) is -1.37. The summed E-state index contributed by atoms with van der Waals surface area (Å²) in [6.45, 7) is 6.67. The van der Waals surface area contributed by atoms with Crippen molar-refractivity contribution in [3.05, 3.63) is 47.5 Å². The fraction of sp³-hybridized carbons (Fsp3) is 0.364. The van der Waals surface area contributed by atoms with E-state index >= 15 is 0 Å². The van der Waals surface area contributed by atoms with Crippen molar-refractivity contribution in [3.63, 3.8) is 0 Å². The molecule has 2 aromatic rings. The van der Waals surface area contributed by atoms with Gasteiger partial charge in [0, 0.05) is 23.2 Å². The monoisotopic (exact) mass is 536 g/mol. The van der Waals surface area contributed by atoms with Crippen molar-refractivity contribution in [3.8, 4) is 0 Å². The van der Waals surface area contributed by atoms with Gasteiger partial charge in [0.1, 0.15) is 0 Å². The van der Waals surface area contributed by atoms with Crippen LogP contribution in [0.2, 0.25) is 0 Å². The minimum absolute atomic E-state index is 0. The summed E-state index contributed by atoms with van der Waals surface area (Å²) in [6, 6.07) is 8.00. The zero-order valence-electron chi connectivity index (χ0n) is 19.2. The number of carbonyl (C=O) groups excluding carboxylic acids is 2. The van der Waals surface area contributed by atoms with Gasteiger partial charge in [0.25, 0.3) is 20.2 Å². The molecule has 188 valence electrons. The van der Waals surface area contributed by atoms with Gasteiger partial charge in [-0.2, -0.15) is 16.8 Å². The number of amides is 2. The molecule has 13 heteroatoms.